The van der Waals surface area contributed by atoms with Crippen LogP contribution in [-0.4, -0.2) is 90.6 Å². The van der Waals surface area contributed by atoms with Crippen LogP contribution in [0.25, 0.3) is 22.6 Å². The summed E-state index contributed by atoms with van der Waals surface area (Å²) in [6.07, 6.45) is -4.54. The molecule has 4 N–H and O–H groups in total. The molecule has 3 atom stereocenters. The van der Waals surface area contributed by atoms with Crippen LogP contribution < -0.4 is 5.56 Å². The Morgan fingerprint density at radius 3 is 2.56 bits per heavy atom. The lowest BCUT2D eigenvalue weighted by Crippen LogP contribution is -2.43. The summed E-state index contributed by atoms with van der Waals surface area (Å²) in [4.78, 5) is 17.8. The Hall–Kier alpha value is -3.66. The summed E-state index contributed by atoms with van der Waals surface area (Å²) in [5, 5.41) is 55.7. The molecule has 180 valence electrons. The van der Waals surface area contributed by atoms with Gasteiger partial charge in [0.1, 0.15) is 24.9 Å². The van der Waals surface area contributed by atoms with Gasteiger partial charge in [-0.2, -0.15) is 5.21 Å². The zero-order chi connectivity index (χ0) is 24.4. The molecule has 0 bridgehead atoms. The topological polar surface area (TPSA) is 203 Å². The van der Waals surface area contributed by atoms with Crippen molar-refractivity contribution < 1.29 is 20.1 Å². The molecule has 0 amide bonds. The lowest BCUT2D eigenvalue weighted by Gasteiger charge is -2.24. The van der Waals surface area contributed by atoms with E-state index in [2.05, 4.69) is 41.1 Å². The van der Waals surface area contributed by atoms with E-state index in [-0.39, 0.29) is 37.1 Å². The van der Waals surface area contributed by atoms with Crippen LogP contribution in [0.2, 0.25) is 0 Å². The molecule has 0 saturated heterocycles. The number of aliphatic hydroxyl groups excluding tert-OH is 3. The number of aromatic nitrogens is 10. The third-order valence-electron chi connectivity index (χ3n) is 5.46. The monoisotopic (exact) mass is 472 g/mol. The van der Waals surface area contributed by atoms with Gasteiger partial charge in [0, 0.05) is 7.05 Å². The van der Waals surface area contributed by atoms with Crippen molar-refractivity contribution in [2.45, 2.75) is 45.3 Å². The number of nitrogens with one attached hydrogen (secondary N) is 1. The van der Waals surface area contributed by atoms with Crippen molar-refractivity contribution in [1.82, 2.24) is 50.4 Å². The molecule has 0 radical (unpaired) electrons. The summed E-state index contributed by atoms with van der Waals surface area (Å²) in [5.41, 5.74) is 2.27. The van der Waals surface area contributed by atoms with Gasteiger partial charge in [-0.15, -0.1) is 15.3 Å². The van der Waals surface area contributed by atoms with Gasteiger partial charge in [-0.1, -0.05) is 5.21 Å². The molecule has 0 spiro atoms. The van der Waals surface area contributed by atoms with Crippen LogP contribution in [0.5, 0.6) is 0 Å². The number of aliphatic hydroxyl groups is 3. The summed E-state index contributed by atoms with van der Waals surface area (Å²) in [5.74, 6) is 0.428. The summed E-state index contributed by atoms with van der Waals surface area (Å²) in [6, 6.07) is 3.60. The highest BCUT2D eigenvalue weighted by molar-refractivity contribution is 5.79. The minimum Gasteiger partial charge on any atom is -0.388 e. The maximum atomic E-state index is 13.3. The molecule has 4 rings (SSSR count). The highest BCUT2D eigenvalue weighted by Crippen LogP contribution is 2.20. The molecule has 0 unspecified atom stereocenters. The van der Waals surface area contributed by atoms with Crippen molar-refractivity contribution in [1.29, 1.82) is 0 Å². The van der Waals surface area contributed by atoms with E-state index < -0.39 is 23.9 Å². The van der Waals surface area contributed by atoms with E-state index in [0.29, 0.717) is 11.0 Å². The quantitative estimate of drug-likeness (QED) is 0.209. The fourth-order valence-corrected chi connectivity index (χ4v) is 3.42. The first kappa shape index (κ1) is 23.5. The second-order valence-electron chi connectivity index (χ2n) is 7.90. The van der Waals surface area contributed by atoms with Crippen LogP contribution in [0.3, 0.4) is 0 Å². The lowest BCUT2D eigenvalue weighted by atomic mass is 10.1. The van der Waals surface area contributed by atoms with Crippen molar-refractivity contribution in [3.63, 3.8) is 0 Å². The van der Waals surface area contributed by atoms with Crippen LogP contribution in [-0.2, 0) is 24.9 Å². The number of H-pyrrole nitrogens is 1. The average molecular weight is 472 g/mol. The number of ether oxygens (including phenoxy) is 1. The Kier molecular flexibility index (Phi) is 6.69. The van der Waals surface area contributed by atoms with E-state index in [9.17, 15) is 20.1 Å². The number of hydrogen-bond acceptors (Lipinski definition) is 12. The van der Waals surface area contributed by atoms with Crippen LogP contribution in [0.1, 0.15) is 17.0 Å². The predicted octanol–water partition coefficient (Wildman–Crippen LogP) is -1.98. The number of tetrazole rings is 2. The van der Waals surface area contributed by atoms with Gasteiger partial charge in [0.2, 0.25) is 5.82 Å². The van der Waals surface area contributed by atoms with Gasteiger partial charge >= 0.3 is 0 Å². The fraction of sp³-hybridized carbons (Fsp3) is 0.474. The van der Waals surface area contributed by atoms with E-state index in [1.165, 1.54) is 9.25 Å². The average Bonchev–Trinajstić information content (AvgIpc) is 3.48. The predicted molar refractivity (Wildman–Crippen MR) is 115 cm³/mol. The molecule has 1 aromatic carbocycles. The summed E-state index contributed by atoms with van der Waals surface area (Å²) < 4.78 is 7.86. The zero-order valence-electron chi connectivity index (χ0n) is 18.7. The van der Waals surface area contributed by atoms with E-state index in [0.717, 1.165) is 11.1 Å². The van der Waals surface area contributed by atoms with Gasteiger partial charge in [0.15, 0.2) is 11.5 Å². The first-order chi connectivity index (χ1) is 16.3. The maximum absolute atomic E-state index is 13.3. The first-order valence-electron chi connectivity index (χ1n) is 10.3. The van der Waals surface area contributed by atoms with Crippen molar-refractivity contribution in [2.24, 2.45) is 7.05 Å². The van der Waals surface area contributed by atoms with Gasteiger partial charge < -0.3 is 24.6 Å². The Labute approximate surface area is 192 Å². The van der Waals surface area contributed by atoms with Gasteiger partial charge in [0.25, 0.3) is 5.56 Å². The molecule has 0 aliphatic rings. The molecule has 3 heterocycles. The fourth-order valence-electron chi connectivity index (χ4n) is 3.42. The van der Waals surface area contributed by atoms with Gasteiger partial charge in [0.05, 0.1) is 24.2 Å². The Morgan fingerprint density at radius 2 is 1.88 bits per heavy atom. The van der Waals surface area contributed by atoms with Crippen molar-refractivity contribution in [3.05, 3.63) is 39.4 Å². The van der Waals surface area contributed by atoms with Crippen LogP contribution >= 0.6 is 0 Å². The first-order valence-corrected chi connectivity index (χ1v) is 10.3. The normalized spacial score (nSPS) is 14.4. The van der Waals surface area contributed by atoms with E-state index in [4.69, 9.17) is 4.74 Å². The molecule has 3 aromatic heterocycles. The third kappa shape index (κ3) is 4.67. The standard InChI is InChI=1S/C19H24N10O5/c1-9-4-11-12(5-10(9)2)29(19(33)16(20-11)18-23-26-27-28(18)3)6-13(30)17(32)14(31)7-34-8-15-21-24-25-22-15/h4-5,13-14,17,30-32H,6-8H2,1-3H3,(H,21,22,24,25)/t13-,14+,17-/m0/s1. The van der Waals surface area contributed by atoms with E-state index in [1.54, 1.807) is 13.1 Å². The molecular weight excluding hydrogens is 448 g/mol. The minimum atomic E-state index is -1.60. The van der Waals surface area contributed by atoms with E-state index >= 15 is 0 Å². The lowest BCUT2D eigenvalue weighted by molar-refractivity contribution is -0.0942. The van der Waals surface area contributed by atoms with Crippen molar-refractivity contribution in [2.75, 3.05) is 6.61 Å². The molecule has 15 heteroatoms. The molecule has 4 aromatic rings. The Bertz CT molecular complexity index is 1340. The largest absolute Gasteiger partial charge is 0.388 e. The second kappa shape index (κ2) is 9.68. The SMILES string of the molecule is Cc1cc2nc(-c3nnnn3C)c(=O)n(C[C@H](O)[C@H](O)[C@H](O)COCc3nn[nH]n3)c2cc1C. The molecular formula is C19H24N10O5. The second-order valence-corrected chi connectivity index (χ2v) is 7.90. The molecule has 0 aliphatic heterocycles. The minimum absolute atomic E-state index is 0.00561. The Morgan fingerprint density at radius 1 is 1.12 bits per heavy atom. The highest BCUT2D eigenvalue weighted by atomic mass is 16.5. The molecule has 34 heavy (non-hydrogen) atoms. The van der Waals surface area contributed by atoms with Gasteiger partial charge in [-0.25, -0.2) is 9.67 Å². The Balaban J connectivity index is 1.62. The summed E-state index contributed by atoms with van der Waals surface area (Å²) >= 11 is 0. The van der Waals surface area contributed by atoms with Gasteiger partial charge in [-0.3, -0.25) is 4.79 Å². The molecule has 0 aliphatic carbocycles. The maximum Gasteiger partial charge on any atom is 0.281 e. The third-order valence-corrected chi connectivity index (χ3v) is 5.46. The number of benzene rings is 1. The summed E-state index contributed by atoms with van der Waals surface area (Å²) in [6.45, 7) is 3.15. The number of nitrogens with zero attached hydrogens (tertiary/aromatic N) is 9. The number of aromatic amines is 1. The van der Waals surface area contributed by atoms with Gasteiger partial charge in [-0.05, 0) is 47.5 Å². The number of aryl methyl sites for hydroxylation is 3. The number of hydrogen-bond donors (Lipinski definition) is 4. The number of rotatable bonds is 9. The smallest absolute Gasteiger partial charge is 0.281 e. The van der Waals surface area contributed by atoms with Crippen molar-refractivity contribution >= 4 is 11.0 Å². The van der Waals surface area contributed by atoms with Crippen LogP contribution in [0.4, 0.5) is 0 Å². The van der Waals surface area contributed by atoms with Crippen LogP contribution in [0.15, 0.2) is 16.9 Å². The molecule has 0 saturated carbocycles. The van der Waals surface area contributed by atoms with E-state index in [1.807, 2.05) is 19.9 Å². The van der Waals surface area contributed by atoms with Crippen LogP contribution in [0, 0.1) is 13.8 Å². The molecule has 0 fully saturated rings. The molecule has 15 nitrogen and oxygen atoms in total. The summed E-state index contributed by atoms with van der Waals surface area (Å²) in [7, 11) is 1.58. The van der Waals surface area contributed by atoms with Crippen molar-refractivity contribution in [3.8, 4) is 11.5 Å². The zero-order valence-corrected chi connectivity index (χ0v) is 18.7. The number of fused-ring (bicyclic) bond motifs is 1. The highest BCUT2D eigenvalue weighted by Gasteiger charge is 2.27.